The molecule has 0 bridgehead atoms. The number of hydrogen-bond donors (Lipinski definition) is 1. The van der Waals surface area contributed by atoms with Crippen molar-refractivity contribution in [3.63, 3.8) is 0 Å². The maximum absolute atomic E-state index is 7.24. The molecule has 0 heterocycles. The molecule has 0 amide bonds. The van der Waals surface area contributed by atoms with E-state index in [2.05, 4.69) is 0 Å². The Hall–Kier alpha value is -0.860. The molecule has 0 radical (unpaired) electrons. The van der Waals surface area contributed by atoms with Crippen LogP contribution in [0.15, 0.2) is 30.3 Å². The van der Waals surface area contributed by atoms with Crippen LogP contribution in [-0.2, 0) is 0 Å². The summed E-state index contributed by atoms with van der Waals surface area (Å²) in [5, 5.41) is 0. The zero-order valence-corrected chi connectivity index (χ0v) is 6.70. The minimum atomic E-state index is -2.70. The van der Waals surface area contributed by atoms with Crippen molar-refractivity contribution in [1.82, 2.24) is 4.90 Å². The predicted molar refractivity (Wildman–Crippen MR) is 51.9 cm³/mol. The Morgan fingerprint density at radius 1 is 1.42 bits per heavy atom. The summed E-state index contributed by atoms with van der Waals surface area (Å²) in [6, 6.07) is 8.16. The summed E-state index contributed by atoms with van der Waals surface area (Å²) in [5.74, 6) is 0. The zero-order valence-electron chi connectivity index (χ0n) is 12.7. The van der Waals surface area contributed by atoms with E-state index in [1.807, 2.05) is 6.07 Å². The Morgan fingerprint density at radius 3 is 2.67 bits per heavy atom. The van der Waals surface area contributed by atoms with Crippen molar-refractivity contribution in [1.29, 1.82) is 0 Å². The Balaban J connectivity index is 2.86. The highest BCUT2D eigenvalue weighted by molar-refractivity contribution is 5.18. The third kappa shape index (κ3) is 2.64. The summed E-state index contributed by atoms with van der Waals surface area (Å²) in [6.45, 7) is -5.65. The van der Waals surface area contributed by atoms with Gasteiger partial charge in [-0.05, 0) is 19.5 Å². The molecule has 2 nitrogen and oxygen atoms in total. The Kier molecular flexibility index (Phi) is 1.38. The van der Waals surface area contributed by atoms with Crippen molar-refractivity contribution >= 4 is 0 Å². The van der Waals surface area contributed by atoms with Crippen LogP contribution in [0, 0.1) is 0 Å². The lowest BCUT2D eigenvalue weighted by molar-refractivity contribution is 0.376. The molecule has 1 rings (SSSR count). The number of rotatable bonds is 3. The molecule has 2 heteroatoms. The van der Waals surface area contributed by atoms with Crippen LogP contribution in [0.3, 0.4) is 0 Å². The smallest absolute Gasteiger partial charge is 0.0424 e. The van der Waals surface area contributed by atoms with Gasteiger partial charge in [-0.3, -0.25) is 0 Å². The molecular weight excluding hydrogens is 148 g/mol. The molecule has 1 aromatic rings. The summed E-state index contributed by atoms with van der Waals surface area (Å²) < 4.78 is 43.5. The molecule has 0 aliphatic carbocycles. The molecule has 0 fully saturated rings. The molecule has 0 aliphatic heterocycles. The highest BCUT2D eigenvalue weighted by Crippen LogP contribution is 2.09. The quantitative estimate of drug-likeness (QED) is 0.739. The van der Waals surface area contributed by atoms with Gasteiger partial charge in [-0.25, -0.2) is 0 Å². The van der Waals surface area contributed by atoms with Gasteiger partial charge >= 0.3 is 0 Å². The summed E-state index contributed by atoms with van der Waals surface area (Å²) in [4.78, 5) is 0.470. The van der Waals surface area contributed by atoms with Gasteiger partial charge in [-0.2, -0.15) is 0 Å². The van der Waals surface area contributed by atoms with Gasteiger partial charge in [0.1, 0.15) is 0 Å². The van der Waals surface area contributed by atoms with Crippen molar-refractivity contribution < 1.29 is 8.22 Å². The van der Waals surface area contributed by atoms with E-state index in [0.29, 0.717) is 10.5 Å². The molecule has 0 aliphatic rings. The third-order valence-electron chi connectivity index (χ3n) is 1.61. The molecule has 66 valence electrons. The minimum absolute atomic E-state index is 0.253. The Morgan fingerprint density at radius 2 is 2.08 bits per heavy atom. The lowest BCUT2D eigenvalue weighted by atomic mass is 10.1. The van der Waals surface area contributed by atoms with E-state index in [0.717, 1.165) is 0 Å². The molecule has 1 aromatic carbocycles. The van der Waals surface area contributed by atoms with Gasteiger partial charge in [0.05, 0.1) is 0 Å². The topological polar surface area (TPSA) is 29.3 Å². The standard InChI is InChI=1S/C10H16N2/c1-12(2)8-10(11)9-6-4-3-5-7-9/h3-7,10H,8,11H2,1-2H3/t10-/m1/s1/i1D3,2D3. The number of likely N-dealkylation sites (N-methyl/N-ethyl adjacent to an activating group) is 1. The third-order valence-corrected chi connectivity index (χ3v) is 1.61. The van der Waals surface area contributed by atoms with Crippen LogP contribution in [0.4, 0.5) is 0 Å². The first-order valence-corrected chi connectivity index (χ1v) is 3.70. The Bertz CT molecular complexity index is 358. The predicted octanol–water partition coefficient (Wildman–Crippen LogP) is 1.25. The second-order valence-electron chi connectivity index (χ2n) is 2.63. The maximum atomic E-state index is 7.24. The first-order chi connectivity index (χ1) is 8.12. The first kappa shape index (κ1) is 3.90. The number of benzene rings is 1. The largest absolute Gasteiger partial charge is 0.323 e. The molecule has 12 heavy (non-hydrogen) atoms. The second kappa shape index (κ2) is 4.24. The van der Waals surface area contributed by atoms with Crippen molar-refractivity contribution in [2.45, 2.75) is 6.04 Å². The van der Waals surface area contributed by atoms with Crippen LogP contribution in [0.1, 0.15) is 19.8 Å². The van der Waals surface area contributed by atoms with Gasteiger partial charge in [0.15, 0.2) is 0 Å². The molecule has 1 atom stereocenters. The van der Waals surface area contributed by atoms with Crippen molar-refractivity contribution in [3.05, 3.63) is 35.9 Å². The highest BCUT2D eigenvalue weighted by atomic mass is 15.1. The zero-order chi connectivity index (χ0) is 14.0. The minimum Gasteiger partial charge on any atom is -0.323 e. The SMILES string of the molecule is [2H]C([2H])([2H])N(C[C@@H](N)c1ccccc1)C([2H])([2H])[2H]. The van der Waals surface area contributed by atoms with E-state index in [1.165, 1.54) is 0 Å². The van der Waals surface area contributed by atoms with Crippen LogP contribution in [0.2, 0.25) is 0 Å². The summed E-state index contributed by atoms with van der Waals surface area (Å²) in [7, 11) is 0. The number of hydrogen-bond acceptors (Lipinski definition) is 2. The van der Waals surface area contributed by atoms with E-state index in [1.54, 1.807) is 24.3 Å². The lowest BCUT2D eigenvalue weighted by Gasteiger charge is -2.16. The van der Waals surface area contributed by atoms with E-state index < -0.39 is 20.0 Å². The van der Waals surface area contributed by atoms with Crippen LogP contribution in [-0.4, -0.2) is 25.4 Å². The monoisotopic (exact) mass is 170 g/mol. The second-order valence-corrected chi connectivity index (χ2v) is 2.63. The van der Waals surface area contributed by atoms with Crippen LogP contribution < -0.4 is 5.73 Å². The van der Waals surface area contributed by atoms with E-state index in [9.17, 15) is 0 Å². The highest BCUT2D eigenvalue weighted by Gasteiger charge is 2.04. The summed E-state index contributed by atoms with van der Waals surface area (Å²) in [5.41, 5.74) is 6.55. The summed E-state index contributed by atoms with van der Waals surface area (Å²) in [6.07, 6.45) is 0. The van der Waals surface area contributed by atoms with Gasteiger partial charge < -0.3 is 10.6 Å². The molecule has 0 unspecified atom stereocenters. The number of nitrogens with zero attached hydrogens (tertiary/aromatic N) is 1. The Labute approximate surface area is 82.4 Å². The molecule has 0 aromatic heterocycles. The van der Waals surface area contributed by atoms with Crippen molar-refractivity contribution in [3.8, 4) is 0 Å². The molecule has 2 N–H and O–H groups in total. The van der Waals surface area contributed by atoms with Gasteiger partial charge in [-0.1, -0.05) is 30.3 Å². The van der Waals surface area contributed by atoms with Crippen molar-refractivity contribution in [2.75, 3.05) is 20.5 Å². The van der Waals surface area contributed by atoms with Crippen LogP contribution >= 0.6 is 0 Å². The average molecular weight is 170 g/mol. The molecular formula is C10H16N2. The fraction of sp³-hybridized carbons (Fsp3) is 0.400. The van der Waals surface area contributed by atoms with Gasteiger partial charge in [0, 0.05) is 20.8 Å². The van der Waals surface area contributed by atoms with Gasteiger partial charge in [0.25, 0.3) is 0 Å². The van der Waals surface area contributed by atoms with Crippen molar-refractivity contribution in [2.24, 2.45) is 5.73 Å². The van der Waals surface area contributed by atoms with E-state index in [4.69, 9.17) is 14.0 Å². The van der Waals surface area contributed by atoms with Crippen LogP contribution in [0.25, 0.3) is 0 Å². The maximum Gasteiger partial charge on any atom is 0.0424 e. The fourth-order valence-corrected chi connectivity index (χ4v) is 1.00. The van der Waals surface area contributed by atoms with E-state index in [-0.39, 0.29) is 6.54 Å². The summed E-state index contributed by atoms with van der Waals surface area (Å²) >= 11 is 0. The number of nitrogens with two attached hydrogens (primary N) is 1. The molecule has 0 spiro atoms. The normalized spacial score (nSPS) is 22.8. The molecule has 0 saturated carbocycles. The molecule has 0 saturated heterocycles. The van der Waals surface area contributed by atoms with Crippen LogP contribution in [0.5, 0.6) is 0 Å². The lowest BCUT2D eigenvalue weighted by Crippen LogP contribution is -2.25. The van der Waals surface area contributed by atoms with Gasteiger partial charge in [0.2, 0.25) is 0 Å². The van der Waals surface area contributed by atoms with Gasteiger partial charge in [-0.15, -0.1) is 0 Å². The van der Waals surface area contributed by atoms with E-state index >= 15 is 0 Å². The average Bonchev–Trinajstić information content (AvgIpc) is 2.23. The first-order valence-electron chi connectivity index (χ1n) is 6.70. The fourth-order valence-electron chi connectivity index (χ4n) is 1.00.